The number of ether oxygens (including phenoxy) is 1. The molecule has 0 aliphatic heterocycles. The number of halogens is 2. The molecule has 0 spiro atoms. The van der Waals surface area contributed by atoms with Gasteiger partial charge in [0.05, 0.1) is 22.8 Å². The van der Waals surface area contributed by atoms with Crippen molar-refractivity contribution in [2.75, 3.05) is 19.1 Å². The standard InChI is InChI=1S/C15H19Cl2NO2/c1-18(15(19)20-2)14-11(5-3-4-10-6-7-10)8-9-12(16)13(14)17/h8-10H,3-7H2,1-2H3. The van der Waals surface area contributed by atoms with Crippen molar-refractivity contribution in [2.24, 2.45) is 5.92 Å². The molecule has 0 heterocycles. The highest BCUT2D eigenvalue weighted by Crippen LogP contribution is 2.38. The van der Waals surface area contributed by atoms with Crippen LogP contribution in [0.3, 0.4) is 0 Å². The minimum absolute atomic E-state index is 0.406. The largest absolute Gasteiger partial charge is 0.452 e. The number of hydrogen-bond acceptors (Lipinski definition) is 2. The van der Waals surface area contributed by atoms with Gasteiger partial charge in [0.2, 0.25) is 0 Å². The van der Waals surface area contributed by atoms with E-state index in [9.17, 15) is 4.79 Å². The predicted octanol–water partition coefficient (Wildman–Crippen LogP) is 4.93. The Kier molecular flexibility index (Phi) is 5.17. The van der Waals surface area contributed by atoms with Gasteiger partial charge in [0.25, 0.3) is 0 Å². The molecule has 20 heavy (non-hydrogen) atoms. The van der Waals surface area contributed by atoms with E-state index in [1.165, 1.54) is 31.3 Å². The number of methoxy groups -OCH3 is 1. The maximum Gasteiger partial charge on any atom is 0.413 e. The van der Waals surface area contributed by atoms with Gasteiger partial charge >= 0.3 is 6.09 Å². The van der Waals surface area contributed by atoms with Gasteiger partial charge in [-0.15, -0.1) is 0 Å². The highest BCUT2D eigenvalue weighted by atomic mass is 35.5. The number of hydrogen-bond donors (Lipinski definition) is 0. The van der Waals surface area contributed by atoms with Gasteiger partial charge in [-0.1, -0.05) is 48.5 Å². The highest BCUT2D eigenvalue weighted by Gasteiger charge is 2.22. The van der Waals surface area contributed by atoms with Crippen LogP contribution in [-0.2, 0) is 11.2 Å². The van der Waals surface area contributed by atoms with Crippen LogP contribution in [0.15, 0.2) is 12.1 Å². The third kappa shape index (κ3) is 3.58. The van der Waals surface area contributed by atoms with Gasteiger partial charge in [-0.3, -0.25) is 4.90 Å². The van der Waals surface area contributed by atoms with Crippen LogP contribution >= 0.6 is 23.2 Å². The molecule has 0 atom stereocenters. The van der Waals surface area contributed by atoms with E-state index >= 15 is 0 Å². The van der Waals surface area contributed by atoms with Crippen LogP contribution in [0.5, 0.6) is 0 Å². The van der Waals surface area contributed by atoms with E-state index in [1.54, 1.807) is 13.1 Å². The Morgan fingerprint density at radius 3 is 2.70 bits per heavy atom. The first-order valence-electron chi connectivity index (χ1n) is 6.83. The maximum atomic E-state index is 11.7. The summed E-state index contributed by atoms with van der Waals surface area (Å²) in [6.45, 7) is 0. The second-order valence-corrected chi connectivity index (χ2v) is 6.02. The van der Waals surface area contributed by atoms with E-state index in [0.717, 1.165) is 24.3 Å². The molecule has 0 aromatic heterocycles. The molecule has 0 saturated heterocycles. The lowest BCUT2D eigenvalue weighted by atomic mass is 10.0. The first kappa shape index (κ1) is 15.5. The fourth-order valence-electron chi connectivity index (χ4n) is 2.36. The summed E-state index contributed by atoms with van der Waals surface area (Å²) in [5.41, 5.74) is 1.69. The molecule has 0 bridgehead atoms. The lowest BCUT2D eigenvalue weighted by Gasteiger charge is -2.21. The zero-order valence-electron chi connectivity index (χ0n) is 11.8. The molecule has 1 aromatic rings. The fraction of sp³-hybridized carbons (Fsp3) is 0.533. The van der Waals surface area contributed by atoms with Crippen LogP contribution in [0.4, 0.5) is 10.5 Å². The average molecular weight is 316 g/mol. The smallest absolute Gasteiger partial charge is 0.413 e. The zero-order valence-corrected chi connectivity index (χ0v) is 13.3. The van der Waals surface area contributed by atoms with Crippen LogP contribution in [0.1, 0.15) is 31.2 Å². The molecule has 110 valence electrons. The molecule has 1 aromatic carbocycles. The van der Waals surface area contributed by atoms with Crippen LogP contribution in [0.2, 0.25) is 10.0 Å². The number of anilines is 1. The molecule has 5 heteroatoms. The second kappa shape index (κ2) is 6.68. The Morgan fingerprint density at radius 1 is 1.40 bits per heavy atom. The molecule has 2 rings (SSSR count). The molecule has 1 saturated carbocycles. The SMILES string of the molecule is COC(=O)N(C)c1c(CCCC2CC2)ccc(Cl)c1Cl. The normalized spacial score (nSPS) is 14.2. The Morgan fingerprint density at radius 2 is 2.10 bits per heavy atom. The van der Waals surface area contributed by atoms with Crippen molar-refractivity contribution in [1.82, 2.24) is 0 Å². The summed E-state index contributed by atoms with van der Waals surface area (Å²) in [6.07, 6.45) is 5.50. The van der Waals surface area contributed by atoms with Crippen LogP contribution in [-0.4, -0.2) is 20.3 Å². The van der Waals surface area contributed by atoms with Crippen molar-refractivity contribution in [2.45, 2.75) is 32.1 Å². The molecule has 0 N–H and O–H groups in total. The third-order valence-electron chi connectivity index (χ3n) is 3.69. The summed E-state index contributed by atoms with van der Waals surface area (Å²) in [6, 6.07) is 3.72. The Bertz CT molecular complexity index is 501. The first-order valence-corrected chi connectivity index (χ1v) is 7.58. The van der Waals surface area contributed by atoms with Crippen molar-refractivity contribution >= 4 is 35.0 Å². The summed E-state index contributed by atoms with van der Waals surface area (Å²) in [5.74, 6) is 0.902. The van der Waals surface area contributed by atoms with Crippen molar-refractivity contribution < 1.29 is 9.53 Å². The van der Waals surface area contributed by atoms with Gasteiger partial charge in [0.1, 0.15) is 0 Å². The zero-order chi connectivity index (χ0) is 14.7. The van der Waals surface area contributed by atoms with Gasteiger partial charge in [0, 0.05) is 7.05 Å². The van der Waals surface area contributed by atoms with Gasteiger partial charge in [-0.05, 0) is 30.4 Å². The Balaban J connectivity index is 2.19. The molecule has 1 aliphatic carbocycles. The van der Waals surface area contributed by atoms with E-state index in [-0.39, 0.29) is 0 Å². The van der Waals surface area contributed by atoms with E-state index in [0.29, 0.717) is 15.7 Å². The van der Waals surface area contributed by atoms with Gasteiger partial charge in [-0.25, -0.2) is 4.79 Å². The molecular weight excluding hydrogens is 297 g/mol. The minimum Gasteiger partial charge on any atom is -0.452 e. The molecule has 1 amide bonds. The number of aryl methyl sites for hydroxylation is 1. The summed E-state index contributed by atoms with van der Waals surface area (Å²) >= 11 is 12.3. The number of carbonyl (C=O) groups excluding carboxylic acids is 1. The number of carbonyl (C=O) groups is 1. The Labute approximate surface area is 129 Å². The van der Waals surface area contributed by atoms with Gasteiger partial charge < -0.3 is 4.74 Å². The monoisotopic (exact) mass is 315 g/mol. The first-order chi connectivity index (χ1) is 9.54. The topological polar surface area (TPSA) is 29.5 Å². The second-order valence-electron chi connectivity index (χ2n) is 5.23. The molecular formula is C15H19Cl2NO2. The lowest BCUT2D eigenvalue weighted by Crippen LogP contribution is -2.27. The molecule has 3 nitrogen and oxygen atoms in total. The van der Waals surface area contributed by atoms with E-state index in [2.05, 4.69) is 0 Å². The quantitative estimate of drug-likeness (QED) is 0.771. The maximum absolute atomic E-state index is 11.7. The fourth-order valence-corrected chi connectivity index (χ4v) is 2.82. The van der Waals surface area contributed by atoms with E-state index in [4.69, 9.17) is 27.9 Å². The molecule has 0 radical (unpaired) electrons. The summed E-state index contributed by atoms with van der Waals surface area (Å²) in [4.78, 5) is 13.1. The molecule has 1 fully saturated rings. The van der Waals surface area contributed by atoms with Crippen molar-refractivity contribution in [3.63, 3.8) is 0 Å². The van der Waals surface area contributed by atoms with Crippen molar-refractivity contribution in [3.05, 3.63) is 27.7 Å². The molecule has 0 unspecified atom stereocenters. The van der Waals surface area contributed by atoms with Crippen LogP contribution < -0.4 is 4.90 Å². The van der Waals surface area contributed by atoms with Crippen LogP contribution in [0, 0.1) is 5.92 Å². The average Bonchev–Trinajstić information content (AvgIpc) is 3.25. The number of benzene rings is 1. The summed E-state index contributed by atoms with van der Waals surface area (Å²) in [7, 11) is 3.00. The number of nitrogens with zero attached hydrogens (tertiary/aromatic N) is 1. The van der Waals surface area contributed by atoms with Gasteiger partial charge in [-0.2, -0.15) is 0 Å². The molecule has 1 aliphatic rings. The minimum atomic E-state index is -0.447. The van der Waals surface area contributed by atoms with Gasteiger partial charge in [0.15, 0.2) is 0 Å². The third-order valence-corrected chi connectivity index (χ3v) is 4.49. The van der Waals surface area contributed by atoms with Crippen molar-refractivity contribution in [1.29, 1.82) is 0 Å². The van der Waals surface area contributed by atoms with Crippen molar-refractivity contribution in [3.8, 4) is 0 Å². The Hall–Kier alpha value is -0.930. The lowest BCUT2D eigenvalue weighted by molar-refractivity contribution is 0.180. The summed E-state index contributed by atoms with van der Waals surface area (Å²) in [5, 5.41) is 0.854. The van der Waals surface area contributed by atoms with Crippen LogP contribution in [0.25, 0.3) is 0 Å². The van der Waals surface area contributed by atoms with E-state index < -0.39 is 6.09 Å². The van der Waals surface area contributed by atoms with E-state index in [1.807, 2.05) is 6.07 Å². The predicted molar refractivity (Wildman–Crippen MR) is 82.9 cm³/mol. The number of amides is 1. The number of rotatable bonds is 5. The summed E-state index contributed by atoms with van der Waals surface area (Å²) < 4.78 is 4.75. The highest BCUT2D eigenvalue weighted by molar-refractivity contribution is 6.44.